The van der Waals surface area contributed by atoms with Gasteiger partial charge in [0.2, 0.25) is 5.91 Å². The molecule has 158 valence electrons. The summed E-state index contributed by atoms with van der Waals surface area (Å²) in [6, 6.07) is 12.5. The van der Waals surface area contributed by atoms with Gasteiger partial charge < -0.3 is 16.0 Å². The highest BCUT2D eigenvalue weighted by Crippen LogP contribution is 2.28. The Balaban J connectivity index is 1.86. The quantitative estimate of drug-likeness (QED) is 0.530. The number of nitrogens with one attached hydrogen (secondary N) is 1. The average molecular weight is 444 g/mol. The number of para-hydroxylation sites is 1. The highest BCUT2D eigenvalue weighted by molar-refractivity contribution is 7.98. The fourth-order valence-electron chi connectivity index (χ4n) is 3.12. The van der Waals surface area contributed by atoms with Crippen LogP contribution in [-0.4, -0.2) is 51.7 Å². The third kappa shape index (κ3) is 5.43. The summed E-state index contributed by atoms with van der Waals surface area (Å²) < 4.78 is 1.83. The molecule has 3 rings (SSSR count). The number of urea groups is 1. The molecule has 1 atom stereocenters. The van der Waals surface area contributed by atoms with Crippen LogP contribution in [0.15, 0.2) is 54.0 Å². The highest BCUT2D eigenvalue weighted by atomic mass is 32.2. The molecule has 30 heavy (non-hydrogen) atoms. The van der Waals surface area contributed by atoms with E-state index in [0.29, 0.717) is 13.0 Å². The molecule has 2 aromatic heterocycles. The van der Waals surface area contributed by atoms with Crippen LogP contribution in [0, 0.1) is 0 Å². The summed E-state index contributed by atoms with van der Waals surface area (Å²) in [4.78, 5) is 27.0. The zero-order chi connectivity index (χ0) is 21.5. The van der Waals surface area contributed by atoms with Crippen LogP contribution in [0.5, 0.6) is 0 Å². The minimum Gasteiger partial charge on any atom is -0.352 e. The predicted octanol–water partition coefficient (Wildman–Crippen LogP) is 3.35. The lowest BCUT2D eigenvalue weighted by atomic mass is 10.1. The molecule has 3 N–H and O–H groups in total. The van der Waals surface area contributed by atoms with Crippen LogP contribution in [0.1, 0.15) is 12.0 Å². The molecule has 1 unspecified atom stereocenters. The van der Waals surface area contributed by atoms with Crippen LogP contribution in [0.4, 0.5) is 4.79 Å². The number of nitrogens with zero attached hydrogens (tertiary/aromatic N) is 3. The molecule has 3 amide bonds. The molecule has 1 aromatic carbocycles. The number of hydrogen-bond acceptors (Lipinski definition) is 5. The maximum atomic E-state index is 13.0. The van der Waals surface area contributed by atoms with E-state index in [2.05, 4.69) is 5.32 Å². The van der Waals surface area contributed by atoms with Gasteiger partial charge in [0.15, 0.2) is 0 Å². The minimum absolute atomic E-state index is 0.174. The average Bonchev–Trinajstić information content (AvgIpc) is 3.40. The Morgan fingerprint density at radius 2 is 2.03 bits per heavy atom. The van der Waals surface area contributed by atoms with E-state index in [1.165, 1.54) is 0 Å². The molecule has 3 aromatic rings. The Morgan fingerprint density at radius 3 is 2.67 bits per heavy atom. The maximum absolute atomic E-state index is 13.0. The van der Waals surface area contributed by atoms with Crippen molar-refractivity contribution in [3.63, 3.8) is 0 Å². The van der Waals surface area contributed by atoms with E-state index in [1.807, 2.05) is 65.0 Å². The summed E-state index contributed by atoms with van der Waals surface area (Å²) in [5.74, 6) is 0.573. The number of carbonyl (C=O) groups excluding carboxylic acids is 2. The standard InChI is InChI=1S/C21H25N5O2S2/c1-25(20(27)17(10-12-29-2)23-21(22)28)13-15-14-26(16-7-4-3-5-8-16)24-19(15)18-9-6-11-30-18/h3-9,11,14,17H,10,12-13H2,1-2H3,(H3,22,23,28). The SMILES string of the molecule is CSCCC(NC(N)=O)C(=O)N(C)Cc1cn(-c2ccccc2)nc1-c1cccs1. The smallest absolute Gasteiger partial charge is 0.312 e. The number of rotatable bonds is 9. The molecule has 7 nitrogen and oxygen atoms in total. The lowest BCUT2D eigenvalue weighted by Gasteiger charge is -2.24. The number of thiophene rings is 1. The molecule has 0 fully saturated rings. The lowest BCUT2D eigenvalue weighted by Crippen LogP contribution is -2.49. The second kappa shape index (κ2) is 10.3. The third-order valence-corrected chi connectivity index (χ3v) is 6.09. The van der Waals surface area contributed by atoms with Gasteiger partial charge >= 0.3 is 6.03 Å². The van der Waals surface area contributed by atoms with Crippen molar-refractivity contribution in [3.8, 4) is 16.3 Å². The van der Waals surface area contributed by atoms with Crippen molar-refractivity contribution in [1.29, 1.82) is 0 Å². The van der Waals surface area contributed by atoms with Crippen LogP contribution in [-0.2, 0) is 11.3 Å². The monoisotopic (exact) mass is 443 g/mol. The topological polar surface area (TPSA) is 93.2 Å². The number of amides is 3. The first-order valence-electron chi connectivity index (χ1n) is 9.47. The number of benzene rings is 1. The van der Waals surface area contributed by atoms with Crippen molar-refractivity contribution >= 4 is 35.0 Å². The third-order valence-electron chi connectivity index (χ3n) is 4.57. The number of aromatic nitrogens is 2. The summed E-state index contributed by atoms with van der Waals surface area (Å²) >= 11 is 3.22. The van der Waals surface area contributed by atoms with Crippen LogP contribution >= 0.6 is 23.1 Å². The zero-order valence-electron chi connectivity index (χ0n) is 16.9. The van der Waals surface area contributed by atoms with Crippen molar-refractivity contribution in [2.75, 3.05) is 19.1 Å². The normalized spacial score (nSPS) is 11.8. The Labute approximate surface area is 184 Å². The number of likely N-dealkylation sites (N-methyl/N-ethyl adjacent to an activating group) is 1. The predicted molar refractivity (Wildman–Crippen MR) is 123 cm³/mol. The first-order valence-corrected chi connectivity index (χ1v) is 11.7. The van der Waals surface area contributed by atoms with Gasteiger partial charge in [0.1, 0.15) is 11.7 Å². The van der Waals surface area contributed by atoms with E-state index >= 15 is 0 Å². The summed E-state index contributed by atoms with van der Waals surface area (Å²) in [6.07, 6.45) is 4.43. The van der Waals surface area contributed by atoms with E-state index in [0.717, 1.165) is 27.6 Å². The van der Waals surface area contributed by atoms with Gasteiger partial charge in [-0.25, -0.2) is 9.48 Å². The zero-order valence-corrected chi connectivity index (χ0v) is 18.6. The van der Waals surface area contributed by atoms with E-state index in [4.69, 9.17) is 10.8 Å². The van der Waals surface area contributed by atoms with Crippen LogP contribution in [0.2, 0.25) is 0 Å². The van der Waals surface area contributed by atoms with Gasteiger partial charge in [-0.05, 0) is 42.0 Å². The lowest BCUT2D eigenvalue weighted by molar-refractivity contribution is -0.132. The molecule has 0 aliphatic heterocycles. The second-order valence-corrected chi connectivity index (χ2v) is 8.73. The van der Waals surface area contributed by atoms with Crippen molar-refractivity contribution < 1.29 is 9.59 Å². The van der Waals surface area contributed by atoms with Gasteiger partial charge in [0.25, 0.3) is 0 Å². The molecular formula is C21H25N5O2S2. The summed E-state index contributed by atoms with van der Waals surface area (Å²) in [7, 11) is 1.73. The highest BCUT2D eigenvalue weighted by Gasteiger charge is 2.24. The molecule has 9 heteroatoms. The molecular weight excluding hydrogens is 418 g/mol. The van der Waals surface area contributed by atoms with Gasteiger partial charge in [0, 0.05) is 25.4 Å². The molecule has 0 saturated heterocycles. The maximum Gasteiger partial charge on any atom is 0.312 e. The van der Waals surface area contributed by atoms with Gasteiger partial charge in [0.05, 0.1) is 10.6 Å². The van der Waals surface area contributed by atoms with Crippen molar-refractivity contribution in [1.82, 2.24) is 20.0 Å². The van der Waals surface area contributed by atoms with Gasteiger partial charge in [-0.15, -0.1) is 11.3 Å². The fraction of sp³-hybridized carbons (Fsp3) is 0.286. The number of thioether (sulfide) groups is 1. The van der Waals surface area contributed by atoms with Gasteiger partial charge in [-0.3, -0.25) is 4.79 Å². The van der Waals surface area contributed by atoms with Crippen LogP contribution < -0.4 is 11.1 Å². The Bertz CT molecular complexity index is 973. The summed E-state index contributed by atoms with van der Waals surface area (Å²) in [5, 5.41) is 9.35. The first-order chi connectivity index (χ1) is 14.5. The number of nitrogens with two attached hydrogens (primary N) is 1. The minimum atomic E-state index is -0.695. The van der Waals surface area contributed by atoms with E-state index in [-0.39, 0.29) is 5.91 Å². The number of primary amides is 1. The van der Waals surface area contributed by atoms with E-state index in [1.54, 1.807) is 35.0 Å². The van der Waals surface area contributed by atoms with Crippen LogP contribution in [0.3, 0.4) is 0 Å². The molecule has 0 radical (unpaired) electrons. The Kier molecular flexibility index (Phi) is 7.53. The Hall–Kier alpha value is -2.78. The first kappa shape index (κ1) is 21.9. The van der Waals surface area contributed by atoms with E-state index < -0.39 is 12.1 Å². The second-order valence-electron chi connectivity index (χ2n) is 6.80. The molecule has 0 aliphatic carbocycles. The van der Waals surface area contributed by atoms with Gasteiger partial charge in [-0.1, -0.05) is 24.3 Å². The van der Waals surface area contributed by atoms with Crippen molar-refractivity contribution in [3.05, 3.63) is 59.6 Å². The van der Waals surface area contributed by atoms with Crippen molar-refractivity contribution in [2.45, 2.75) is 19.0 Å². The van der Waals surface area contributed by atoms with Crippen molar-refractivity contribution in [2.24, 2.45) is 5.73 Å². The van der Waals surface area contributed by atoms with E-state index in [9.17, 15) is 9.59 Å². The molecule has 0 bridgehead atoms. The molecule has 0 spiro atoms. The van der Waals surface area contributed by atoms with Crippen LogP contribution in [0.25, 0.3) is 16.3 Å². The number of carbonyl (C=O) groups is 2. The fourth-order valence-corrected chi connectivity index (χ4v) is 4.34. The summed E-state index contributed by atoms with van der Waals surface area (Å²) in [5.41, 5.74) is 7.99. The molecule has 0 aliphatic rings. The number of hydrogen-bond donors (Lipinski definition) is 2. The molecule has 0 saturated carbocycles. The largest absolute Gasteiger partial charge is 0.352 e. The van der Waals surface area contributed by atoms with Gasteiger partial charge in [-0.2, -0.15) is 16.9 Å². The molecule has 2 heterocycles. The summed E-state index contributed by atoms with van der Waals surface area (Å²) in [6.45, 7) is 0.370. The Morgan fingerprint density at radius 1 is 1.27 bits per heavy atom.